The monoisotopic (exact) mass is 228 g/mol. The molecule has 0 aliphatic heterocycles. The summed E-state index contributed by atoms with van der Waals surface area (Å²) in [7, 11) is 1.64. The van der Waals surface area contributed by atoms with E-state index in [4.69, 9.17) is 14.2 Å². The third-order valence-corrected chi connectivity index (χ3v) is 2.60. The minimum absolute atomic E-state index is 0.0686. The molecule has 0 aromatic carbocycles. The van der Waals surface area contributed by atoms with Crippen molar-refractivity contribution in [3.05, 3.63) is 12.2 Å². The molecule has 2 unspecified atom stereocenters. The van der Waals surface area contributed by atoms with Crippen molar-refractivity contribution >= 4 is 6.16 Å². The summed E-state index contributed by atoms with van der Waals surface area (Å²) in [5, 5.41) is 0. The fraction of sp³-hybridized carbons (Fsp3) is 0.750. The first kappa shape index (κ1) is 13.0. The molecule has 1 aliphatic carbocycles. The second kappa shape index (κ2) is 7.28. The molecule has 0 amide bonds. The SMILES string of the molecule is CCOC(=O)OC1/C=C/CCCCC1OC. The molecule has 4 heteroatoms. The zero-order chi connectivity index (χ0) is 11.8. The van der Waals surface area contributed by atoms with Gasteiger partial charge in [-0.3, -0.25) is 0 Å². The lowest BCUT2D eigenvalue weighted by Gasteiger charge is -2.24. The highest BCUT2D eigenvalue weighted by molar-refractivity contribution is 5.60. The fourth-order valence-electron chi connectivity index (χ4n) is 1.76. The van der Waals surface area contributed by atoms with Crippen LogP contribution in [0.3, 0.4) is 0 Å². The highest BCUT2D eigenvalue weighted by Crippen LogP contribution is 2.18. The fourth-order valence-corrected chi connectivity index (χ4v) is 1.76. The minimum Gasteiger partial charge on any atom is -0.435 e. The zero-order valence-corrected chi connectivity index (χ0v) is 9.98. The number of hydrogen-bond acceptors (Lipinski definition) is 4. The van der Waals surface area contributed by atoms with Crippen LogP contribution in [0, 0.1) is 0 Å². The number of carbonyl (C=O) groups is 1. The normalized spacial score (nSPS) is 27.6. The van der Waals surface area contributed by atoms with Gasteiger partial charge < -0.3 is 14.2 Å². The van der Waals surface area contributed by atoms with E-state index in [1.165, 1.54) is 0 Å². The number of carbonyl (C=O) groups excluding carboxylic acids is 1. The Hall–Kier alpha value is -1.03. The van der Waals surface area contributed by atoms with E-state index < -0.39 is 6.16 Å². The summed E-state index contributed by atoms with van der Waals surface area (Å²) in [5.74, 6) is 0. The van der Waals surface area contributed by atoms with Gasteiger partial charge in [0.2, 0.25) is 0 Å². The Morgan fingerprint density at radius 1 is 1.44 bits per heavy atom. The quantitative estimate of drug-likeness (QED) is 0.550. The third kappa shape index (κ3) is 4.23. The summed E-state index contributed by atoms with van der Waals surface area (Å²) in [4.78, 5) is 11.2. The van der Waals surface area contributed by atoms with E-state index in [1.54, 1.807) is 14.0 Å². The average Bonchev–Trinajstić information content (AvgIpc) is 2.23. The first-order valence-corrected chi connectivity index (χ1v) is 5.80. The standard InChI is InChI=1S/C12H20O4/c1-3-15-12(13)16-11-9-7-5-4-6-8-10(11)14-2/h7,9-11H,3-6,8H2,1-2H3/b9-7+. The molecule has 1 aliphatic rings. The van der Waals surface area contributed by atoms with Gasteiger partial charge in [-0.2, -0.15) is 0 Å². The molecule has 0 aromatic heterocycles. The lowest BCUT2D eigenvalue weighted by Crippen LogP contribution is -2.32. The van der Waals surface area contributed by atoms with Crippen molar-refractivity contribution in [3.63, 3.8) is 0 Å². The molecule has 0 heterocycles. The van der Waals surface area contributed by atoms with Crippen LogP contribution in [0.5, 0.6) is 0 Å². The second-order valence-corrected chi connectivity index (χ2v) is 3.75. The number of rotatable bonds is 3. The smallest absolute Gasteiger partial charge is 0.435 e. The van der Waals surface area contributed by atoms with Gasteiger partial charge in [0.25, 0.3) is 0 Å². The maximum Gasteiger partial charge on any atom is 0.508 e. The number of hydrogen-bond donors (Lipinski definition) is 0. The summed E-state index contributed by atoms with van der Waals surface area (Å²) >= 11 is 0. The van der Waals surface area contributed by atoms with Crippen molar-refractivity contribution < 1.29 is 19.0 Å². The number of ether oxygens (including phenoxy) is 3. The summed E-state index contributed by atoms with van der Waals surface area (Å²) in [6.45, 7) is 2.08. The van der Waals surface area contributed by atoms with Gasteiger partial charge in [0.1, 0.15) is 6.10 Å². The van der Waals surface area contributed by atoms with Crippen molar-refractivity contribution in [2.45, 2.75) is 44.8 Å². The summed E-state index contributed by atoms with van der Waals surface area (Å²) < 4.78 is 15.3. The summed E-state index contributed by atoms with van der Waals surface area (Å²) in [6.07, 6.45) is 7.09. The Labute approximate surface area is 96.6 Å². The topological polar surface area (TPSA) is 44.8 Å². The van der Waals surface area contributed by atoms with Crippen LogP contribution in [0.15, 0.2) is 12.2 Å². The Morgan fingerprint density at radius 2 is 2.25 bits per heavy atom. The van der Waals surface area contributed by atoms with Crippen LogP contribution >= 0.6 is 0 Å². The minimum atomic E-state index is -0.625. The molecule has 0 N–H and O–H groups in total. The third-order valence-electron chi connectivity index (χ3n) is 2.60. The molecule has 0 spiro atoms. The molecule has 1 rings (SSSR count). The van der Waals surface area contributed by atoms with Crippen LogP contribution in [0.4, 0.5) is 4.79 Å². The van der Waals surface area contributed by atoms with E-state index >= 15 is 0 Å². The van der Waals surface area contributed by atoms with Crippen molar-refractivity contribution in [2.24, 2.45) is 0 Å². The average molecular weight is 228 g/mol. The molecule has 0 saturated carbocycles. The molecular weight excluding hydrogens is 208 g/mol. The molecule has 4 nitrogen and oxygen atoms in total. The van der Waals surface area contributed by atoms with Crippen LogP contribution in [0.1, 0.15) is 32.6 Å². The number of allylic oxidation sites excluding steroid dienone is 1. The molecule has 0 aromatic rings. The molecule has 92 valence electrons. The van der Waals surface area contributed by atoms with E-state index in [2.05, 4.69) is 0 Å². The lowest BCUT2D eigenvalue weighted by molar-refractivity contribution is -0.0317. The van der Waals surface area contributed by atoms with E-state index in [0.717, 1.165) is 25.7 Å². The van der Waals surface area contributed by atoms with Crippen molar-refractivity contribution in [1.82, 2.24) is 0 Å². The van der Waals surface area contributed by atoms with Crippen LogP contribution < -0.4 is 0 Å². The van der Waals surface area contributed by atoms with E-state index in [-0.39, 0.29) is 12.2 Å². The van der Waals surface area contributed by atoms with Gasteiger partial charge in [-0.05, 0) is 32.3 Å². The van der Waals surface area contributed by atoms with E-state index in [0.29, 0.717) is 6.61 Å². The Bertz CT molecular complexity index is 237. The Morgan fingerprint density at radius 3 is 2.94 bits per heavy atom. The van der Waals surface area contributed by atoms with Crippen LogP contribution in [0.2, 0.25) is 0 Å². The maximum atomic E-state index is 11.2. The van der Waals surface area contributed by atoms with Gasteiger partial charge in [0, 0.05) is 7.11 Å². The van der Waals surface area contributed by atoms with Crippen LogP contribution in [0.25, 0.3) is 0 Å². The Balaban J connectivity index is 2.55. The molecular formula is C12H20O4. The highest BCUT2D eigenvalue weighted by Gasteiger charge is 2.23. The van der Waals surface area contributed by atoms with Gasteiger partial charge in [-0.25, -0.2) is 4.79 Å². The predicted molar refractivity (Wildman–Crippen MR) is 60.3 cm³/mol. The largest absolute Gasteiger partial charge is 0.508 e. The molecule has 0 bridgehead atoms. The molecule has 0 saturated heterocycles. The lowest BCUT2D eigenvalue weighted by atomic mass is 10.0. The first-order chi connectivity index (χ1) is 7.77. The first-order valence-electron chi connectivity index (χ1n) is 5.80. The van der Waals surface area contributed by atoms with Crippen LogP contribution in [-0.4, -0.2) is 32.1 Å². The van der Waals surface area contributed by atoms with Crippen LogP contribution in [-0.2, 0) is 14.2 Å². The summed E-state index contributed by atoms with van der Waals surface area (Å²) in [5.41, 5.74) is 0. The van der Waals surface area contributed by atoms with Gasteiger partial charge in [0.15, 0.2) is 0 Å². The molecule has 16 heavy (non-hydrogen) atoms. The van der Waals surface area contributed by atoms with Gasteiger partial charge in [-0.15, -0.1) is 0 Å². The van der Waals surface area contributed by atoms with Crippen molar-refractivity contribution in [3.8, 4) is 0 Å². The second-order valence-electron chi connectivity index (χ2n) is 3.75. The van der Waals surface area contributed by atoms with Crippen molar-refractivity contribution in [2.75, 3.05) is 13.7 Å². The molecule has 0 fully saturated rings. The van der Waals surface area contributed by atoms with Gasteiger partial charge in [-0.1, -0.05) is 12.5 Å². The molecule has 0 radical (unpaired) electrons. The summed E-state index contributed by atoms with van der Waals surface area (Å²) in [6, 6.07) is 0. The van der Waals surface area contributed by atoms with Crippen molar-refractivity contribution in [1.29, 1.82) is 0 Å². The highest BCUT2D eigenvalue weighted by atomic mass is 16.7. The predicted octanol–water partition coefficient (Wildman–Crippen LogP) is 2.67. The van der Waals surface area contributed by atoms with E-state index in [1.807, 2.05) is 12.2 Å². The molecule has 2 atom stereocenters. The zero-order valence-electron chi connectivity index (χ0n) is 9.98. The van der Waals surface area contributed by atoms with Gasteiger partial charge >= 0.3 is 6.16 Å². The Kier molecular flexibility index (Phi) is 5.93. The maximum absolute atomic E-state index is 11.2. The van der Waals surface area contributed by atoms with E-state index in [9.17, 15) is 4.79 Å². The number of methoxy groups -OCH3 is 1. The van der Waals surface area contributed by atoms with Gasteiger partial charge in [0.05, 0.1) is 12.7 Å².